The molecule has 2 unspecified atom stereocenters. The van der Waals surface area contributed by atoms with E-state index in [0.29, 0.717) is 11.6 Å². The lowest BCUT2D eigenvalue weighted by Gasteiger charge is -2.24. The van der Waals surface area contributed by atoms with Gasteiger partial charge in [0.2, 0.25) is 11.8 Å². The van der Waals surface area contributed by atoms with E-state index in [0.717, 1.165) is 5.56 Å². The fraction of sp³-hybridized carbons (Fsp3) is 0.467. The zero-order chi connectivity index (χ0) is 14.7. The van der Waals surface area contributed by atoms with Crippen LogP contribution in [-0.4, -0.2) is 18.4 Å². The molecule has 20 heavy (non-hydrogen) atoms. The number of nitrogens with one attached hydrogen (secondary N) is 2. The lowest BCUT2D eigenvalue weighted by molar-refractivity contribution is -0.127. The molecule has 1 aromatic rings. The van der Waals surface area contributed by atoms with Gasteiger partial charge in [-0.05, 0) is 23.6 Å². The summed E-state index contributed by atoms with van der Waals surface area (Å²) in [4.78, 5) is 23.4. The van der Waals surface area contributed by atoms with Crippen LogP contribution in [-0.2, 0) is 9.59 Å². The Morgan fingerprint density at radius 2 is 2.00 bits per heavy atom. The average Bonchev–Trinajstić information content (AvgIpc) is 2.83. The number of rotatable bonds is 4. The Balaban J connectivity index is 2.08. The van der Waals surface area contributed by atoms with Crippen molar-refractivity contribution in [3.63, 3.8) is 0 Å². The van der Waals surface area contributed by atoms with Crippen molar-refractivity contribution in [1.29, 1.82) is 0 Å². The Labute approximate surface area is 123 Å². The van der Waals surface area contributed by atoms with Crippen molar-refractivity contribution in [2.24, 2.45) is 11.8 Å². The Bertz CT molecular complexity index is 499. The van der Waals surface area contributed by atoms with Gasteiger partial charge in [0.05, 0.1) is 12.0 Å². The molecule has 1 aliphatic rings. The summed E-state index contributed by atoms with van der Waals surface area (Å²) < 4.78 is 0. The summed E-state index contributed by atoms with van der Waals surface area (Å²) in [5.41, 5.74) is 1.02. The molecule has 1 aliphatic heterocycles. The zero-order valence-electron chi connectivity index (χ0n) is 11.7. The van der Waals surface area contributed by atoms with Crippen LogP contribution in [0.1, 0.15) is 31.9 Å². The van der Waals surface area contributed by atoms with E-state index in [2.05, 4.69) is 24.5 Å². The zero-order valence-corrected chi connectivity index (χ0v) is 12.4. The molecule has 1 heterocycles. The topological polar surface area (TPSA) is 58.2 Å². The molecule has 4 nitrogen and oxygen atoms in total. The maximum Gasteiger partial charge on any atom is 0.225 e. The molecular formula is C15H19ClN2O2. The highest BCUT2D eigenvalue weighted by molar-refractivity contribution is 6.30. The van der Waals surface area contributed by atoms with Crippen molar-refractivity contribution in [3.8, 4) is 0 Å². The van der Waals surface area contributed by atoms with E-state index in [1.165, 1.54) is 0 Å². The second-order valence-electron chi connectivity index (χ2n) is 5.49. The van der Waals surface area contributed by atoms with Gasteiger partial charge in [-0.1, -0.05) is 37.6 Å². The fourth-order valence-corrected chi connectivity index (χ4v) is 2.49. The molecule has 0 spiro atoms. The second-order valence-corrected chi connectivity index (χ2v) is 5.92. The summed E-state index contributed by atoms with van der Waals surface area (Å²) in [5, 5.41) is 6.40. The van der Waals surface area contributed by atoms with Crippen LogP contribution in [0.15, 0.2) is 24.3 Å². The van der Waals surface area contributed by atoms with Crippen molar-refractivity contribution in [2.75, 3.05) is 6.54 Å². The highest BCUT2D eigenvalue weighted by Gasteiger charge is 2.30. The average molecular weight is 295 g/mol. The minimum Gasteiger partial charge on any atom is -0.355 e. The first-order valence-corrected chi connectivity index (χ1v) is 7.17. The van der Waals surface area contributed by atoms with Gasteiger partial charge in [0, 0.05) is 18.0 Å². The van der Waals surface area contributed by atoms with Crippen molar-refractivity contribution in [1.82, 2.24) is 10.6 Å². The lowest BCUT2D eigenvalue weighted by atomic mass is 9.95. The van der Waals surface area contributed by atoms with Crippen LogP contribution in [0, 0.1) is 11.8 Å². The molecule has 2 atom stereocenters. The number of carbonyl (C=O) groups is 2. The summed E-state index contributed by atoms with van der Waals surface area (Å²) in [5.74, 6) is -0.143. The van der Waals surface area contributed by atoms with Crippen LogP contribution < -0.4 is 10.6 Å². The van der Waals surface area contributed by atoms with Crippen LogP contribution in [0.2, 0.25) is 5.02 Å². The first-order valence-electron chi connectivity index (χ1n) is 6.80. The summed E-state index contributed by atoms with van der Waals surface area (Å²) in [6, 6.07) is 7.41. The van der Waals surface area contributed by atoms with E-state index in [9.17, 15) is 9.59 Å². The molecule has 0 radical (unpaired) electrons. The van der Waals surface area contributed by atoms with Crippen molar-refractivity contribution in [2.45, 2.75) is 26.3 Å². The quantitative estimate of drug-likeness (QED) is 0.895. The van der Waals surface area contributed by atoms with Gasteiger partial charge in [0.25, 0.3) is 0 Å². The maximum absolute atomic E-state index is 12.2. The third kappa shape index (κ3) is 3.51. The molecule has 2 rings (SSSR count). The number of carbonyl (C=O) groups excluding carboxylic acids is 2. The fourth-order valence-electron chi connectivity index (χ4n) is 2.37. The largest absolute Gasteiger partial charge is 0.355 e. The minimum absolute atomic E-state index is 0.0576. The summed E-state index contributed by atoms with van der Waals surface area (Å²) >= 11 is 5.89. The van der Waals surface area contributed by atoms with Crippen LogP contribution >= 0.6 is 11.6 Å². The predicted octanol–water partition coefficient (Wildman–Crippen LogP) is 2.29. The van der Waals surface area contributed by atoms with Gasteiger partial charge in [-0.3, -0.25) is 9.59 Å². The van der Waals surface area contributed by atoms with Crippen LogP contribution in [0.4, 0.5) is 0 Å². The molecule has 1 aromatic carbocycles. The third-order valence-electron chi connectivity index (χ3n) is 3.54. The summed E-state index contributed by atoms with van der Waals surface area (Å²) in [6.07, 6.45) is 0.275. The molecule has 1 saturated heterocycles. The molecule has 0 saturated carbocycles. The van der Waals surface area contributed by atoms with E-state index in [-0.39, 0.29) is 36.1 Å². The Hall–Kier alpha value is -1.55. The SMILES string of the molecule is CC(C)C(NC(=O)C1CNC(=O)C1)c1ccc(Cl)cc1. The Morgan fingerprint density at radius 3 is 2.50 bits per heavy atom. The van der Waals surface area contributed by atoms with Gasteiger partial charge in [0.15, 0.2) is 0 Å². The number of benzene rings is 1. The molecule has 1 fully saturated rings. The van der Waals surface area contributed by atoms with E-state index < -0.39 is 0 Å². The minimum atomic E-state index is -0.268. The third-order valence-corrected chi connectivity index (χ3v) is 3.79. The number of amides is 2. The molecule has 0 bridgehead atoms. The summed E-state index contributed by atoms with van der Waals surface area (Å²) in [7, 11) is 0. The van der Waals surface area contributed by atoms with E-state index in [4.69, 9.17) is 11.6 Å². The molecule has 2 N–H and O–H groups in total. The van der Waals surface area contributed by atoms with Gasteiger partial charge < -0.3 is 10.6 Å². The maximum atomic E-state index is 12.2. The van der Waals surface area contributed by atoms with Crippen molar-refractivity contribution >= 4 is 23.4 Å². The molecule has 2 amide bonds. The van der Waals surface area contributed by atoms with Crippen LogP contribution in [0.3, 0.4) is 0 Å². The van der Waals surface area contributed by atoms with Gasteiger partial charge in [-0.25, -0.2) is 0 Å². The smallest absolute Gasteiger partial charge is 0.225 e. The van der Waals surface area contributed by atoms with Crippen molar-refractivity contribution in [3.05, 3.63) is 34.9 Å². The number of hydrogen-bond acceptors (Lipinski definition) is 2. The van der Waals surface area contributed by atoms with Gasteiger partial charge in [0.1, 0.15) is 0 Å². The molecule has 0 aromatic heterocycles. The molecule has 5 heteroatoms. The summed E-state index contributed by atoms with van der Waals surface area (Å²) in [6.45, 7) is 4.53. The lowest BCUT2D eigenvalue weighted by Crippen LogP contribution is -2.37. The molecule has 108 valence electrons. The monoisotopic (exact) mass is 294 g/mol. The Kier molecular flexibility index (Phi) is 4.65. The molecule has 0 aliphatic carbocycles. The standard InChI is InChI=1S/C15H19ClN2O2/c1-9(2)14(10-3-5-12(16)6-4-10)18-15(20)11-7-13(19)17-8-11/h3-6,9,11,14H,7-8H2,1-2H3,(H,17,19)(H,18,20). The van der Waals surface area contributed by atoms with Gasteiger partial charge in [-0.2, -0.15) is 0 Å². The van der Waals surface area contributed by atoms with Crippen LogP contribution in [0.5, 0.6) is 0 Å². The van der Waals surface area contributed by atoms with Gasteiger partial charge >= 0.3 is 0 Å². The Morgan fingerprint density at radius 1 is 1.35 bits per heavy atom. The normalized spacial score (nSPS) is 19.8. The number of hydrogen-bond donors (Lipinski definition) is 2. The van der Waals surface area contributed by atoms with Gasteiger partial charge in [-0.15, -0.1) is 0 Å². The second kappa shape index (κ2) is 6.27. The predicted molar refractivity (Wildman–Crippen MR) is 78.3 cm³/mol. The first-order chi connectivity index (χ1) is 9.47. The van der Waals surface area contributed by atoms with E-state index in [1.807, 2.05) is 24.3 Å². The highest BCUT2D eigenvalue weighted by atomic mass is 35.5. The van der Waals surface area contributed by atoms with E-state index in [1.54, 1.807) is 0 Å². The van der Waals surface area contributed by atoms with E-state index >= 15 is 0 Å². The number of halogens is 1. The molecular weight excluding hydrogens is 276 g/mol. The van der Waals surface area contributed by atoms with Crippen LogP contribution in [0.25, 0.3) is 0 Å². The van der Waals surface area contributed by atoms with Crippen molar-refractivity contribution < 1.29 is 9.59 Å². The highest BCUT2D eigenvalue weighted by Crippen LogP contribution is 2.24. The first kappa shape index (κ1) is 14.9.